The van der Waals surface area contributed by atoms with Gasteiger partial charge < -0.3 is 4.98 Å². The summed E-state index contributed by atoms with van der Waals surface area (Å²) >= 11 is 0. The second-order valence-corrected chi connectivity index (χ2v) is 4.33. The van der Waals surface area contributed by atoms with Gasteiger partial charge in [-0.3, -0.25) is 4.79 Å². The van der Waals surface area contributed by atoms with Crippen LogP contribution in [0.2, 0.25) is 0 Å². The van der Waals surface area contributed by atoms with E-state index in [0.29, 0.717) is 5.92 Å². The number of aromatic amines is 1. The highest BCUT2D eigenvalue weighted by Gasteiger charge is 2.01. The molecular weight excluding hydrogens is 186 g/mol. The number of nitrogens with one attached hydrogen (secondary N) is 1. The molecule has 1 aromatic heterocycles. The summed E-state index contributed by atoms with van der Waals surface area (Å²) in [4.78, 5) is 14.3. The van der Waals surface area contributed by atoms with Gasteiger partial charge in [0.2, 0.25) is 0 Å². The van der Waals surface area contributed by atoms with Crippen molar-refractivity contribution in [2.24, 2.45) is 5.92 Å². The Labute approximate surface area is 89.0 Å². The van der Waals surface area contributed by atoms with E-state index in [1.165, 1.54) is 5.56 Å². The number of hydrogen-bond donors (Lipinski definition) is 1. The molecule has 15 heavy (non-hydrogen) atoms. The Morgan fingerprint density at radius 2 is 2.07 bits per heavy atom. The number of H-pyrrole nitrogens is 1. The summed E-state index contributed by atoms with van der Waals surface area (Å²) in [5, 5.41) is 1.79. The predicted octanol–water partition coefficient (Wildman–Crippen LogP) is 2.73. The Hall–Kier alpha value is -1.57. The summed E-state index contributed by atoms with van der Waals surface area (Å²) in [6.45, 7) is 4.36. The van der Waals surface area contributed by atoms with Crippen molar-refractivity contribution in [2.75, 3.05) is 0 Å². The van der Waals surface area contributed by atoms with Crippen molar-refractivity contribution in [1.82, 2.24) is 4.98 Å². The first-order valence-corrected chi connectivity index (χ1v) is 5.27. The van der Waals surface area contributed by atoms with Crippen molar-refractivity contribution in [3.63, 3.8) is 0 Å². The van der Waals surface area contributed by atoms with Crippen LogP contribution in [0.1, 0.15) is 19.4 Å². The van der Waals surface area contributed by atoms with Crippen molar-refractivity contribution < 1.29 is 0 Å². The van der Waals surface area contributed by atoms with E-state index in [4.69, 9.17) is 0 Å². The molecule has 0 saturated carbocycles. The number of aromatic nitrogens is 1. The van der Waals surface area contributed by atoms with Crippen LogP contribution in [0.15, 0.2) is 35.3 Å². The maximum atomic E-state index is 11.6. The van der Waals surface area contributed by atoms with Crippen molar-refractivity contribution in [2.45, 2.75) is 20.3 Å². The van der Waals surface area contributed by atoms with E-state index in [1.54, 1.807) is 6.20 Å². The van der Waals surface area contributed by atoms with E-state index in [0.717, 1.165) is 17.2 Å². The third kappa shape index (κ3) is 2.09. The molecule has 0 spiro atoms. The third-order valence-corrected chi connectivity index (χ3v) is 2.48. The molecule has 1 N–H and O–H groups in total. The van der Waals surface area contributed by atoms with E-state index in [-0.39, 0.29) is 5.56 Å². The van der Waals surface area contributed by atoms with Crippen LogP contribution in [0, 0.1) is 5.92 Å². The molecule has 0 aliphatic carbocycles. The van der Waals surface area contributed by atoms with Crippen molar-refractivity contribution >= 4 is 10.8 Å². The molecule has 0 radical (unpaired) electrons. The summed E-state index contributed by atoms with van der Waals surface area (Å²) in [7, 11) is 0. The molecule has 0 bridgehead atoms. The standard InChI is InChI=1S/C13H15NO/c1-9(2)7-10-3-4-11-5-6-14-13(15)12(11)8-10/h3-6,8-9H,7H2,1-2H3,(H,14,15). The highest BCUT2D eigenvalue weighted by atomic mass is 16.1. The Kier molecular flexibility index (Phi) is 2.58. The highest BCUT2D eigenvalue weighted by molar-refractivity contribution is 5.81. The summed E-state index contributed by atoms with van der Waals surface area (Å²) in [6, 6.07) is 8.04. The number of rotatable bonds is 2. The molecule has 2 heteroatoms. The molecule has 0 aliphatic rings. The van der Waals surface area contributed by atoms with Crippen molar-refractivity contribution in [3.05, 3.63) is 46.4 Å². The number of hydrogen-bond acceptors (Lipinski definition) is 1. The molecule has 78 valence electrons. The van der Waals surface area contributed by atoms with Crippen molar-refractivity contribution in [3.8, 4) is 0 Å². The zero-order valence-corrected chi connectivity index (χ0v) is 9.08. The zero-order valence-electron chi connectivity index (χ0n) is 9.08. The van der Waals surface area contributed by atoms with E-state index in [1.807, 2.05) is 18.2 Å². The molecule has 0 amide bonds. The predicted molar refractivity (Wildman–Crippen MR) is 63.1 cm³/mol. The maximum Gasteiger partial charge on any atom is 0.255 e. The fourth-order valence-electron chi connectivity index (χ4n) is 1.83. The maximum absolute atomic E-state index is 11.6. The summed E-state index contributed by atoms with van der Waals surface area (Å²) in [5.41, 5.74) is 1.23. The molecule has 2 rings (SSSR count). The molecule has 2 nitrogen and oxygen atoms in total. The fourth-order valence-corrected chi connectivity index (χ4v) is 1.83. The SMILES string of the molecule is CC(C)Cc1ccc2cc[nH]c(=O)c2c1. The van der Waals surface area contributed by atoms with Gasteiger partial charge >= 0.3 is 0 Å². The minimum absolute atomic E-state index is 0.00175. The molecule has 0 unspecified atom stereocenters. The lowest BCUT2D eigenvalue weighted by Gasteiger charge is -2.05. The lowest BCUT2D eigenvalue weighted by molar-refractivity contribution is 0.648. The van der Waals surface area contributed by atoms with Gasteiger partial charge in [-0.1, -0.05) is 26.0 Å². The van der Waals surface area contributed by atoms with Gasteiger partial charge in [-0.25, -0.2) is 0 Å². The van der Waals surface area contributed by atoms with Crippen LogP contribution in [0.4, 0.5) is 0 Å². The average Bonchev–Trinajstić information content (AvgIpc) is 2.18. The Morgan fingerprint density at radius 3 is 2.80 bits per heavy atom. The second-order valence-electron chi connectivity index (χ2n) is 4.33. The van der Waals surface area contributed by atoms with Crippen LogP contribution in [0.25, 0.3) is 10.8 Å². The molecule has 2 aromatic rings. The van der Waals surface area contributed by atoms with Crippen LogP contribution in [-0.2, 0) is 6.42 Å². The fraction of sp³-hybridized carbons (Fsp3) is 0.308. The number of pyridine rings is 1. The lowest BCUT2D eigenvalue weighted by atomic mass is 10.0. The Bertz CT molecular complexity index is 525. The second kappa shape index (κ2) is 3.89. The van der Waals surface area contributed by atoms with Gasteiger partial charge in [-0.15, -0.1) is 0 Å². The summed E-state index contributed by atoms with van der Waals surface area (Å²) < 4.78 is 0. The van der Waals surface area contributed by atoms with E-state index in [2.05, 4.69) is 24.9 Å². The van der Waals surface area contributed by atoms with E-state index < -0.39 is 0 Å². The minimum atomic E-state index is -0.00175. The molecule has 0 fully saturated rings. The van der Waals surface area contributed by atoms with Gasteiger partial charge in [0.25, 0.3) is 5.56 Å². The topological polar surface area (TPSA) is 32.9 Å². The molecule has 1 aromatic carbocycles. The van der Waals surface area contributed by atoms with Crippen LogP contribution in [0.5, 0.6) is 0 Å². The molecule has 0 saturated heterocycles. The van der Waals surface area contributed by atoms with Crippen LogP contribution < -0.4 is 5.56 Å². The molecule has 0 atom stereocenters. The first kappa shape index (κ1) is 9.97. The average molecular weight is 201 g/mol. The van der Waals surface area contributed by atoms with Crippen LogP contribution in [-0.4, -0.2) is 4.98 Å². The number of fused-ring (bicyclic) bond motifs is 1. The van der Waals surface area contributed by atoms with Gasteiger partial charge in [-0.05, 0) is 35.4 Å². The van der Waals surface area contributed by atoms with Gasteiger partial charge in [-0.2, -0.15) is 0 Å². The molecule has 0 aliphatic heterocycles. The van der Waals surface area contributed by atoms with Crippen LogP contribution in [0.3, 0.4) is 0 Å². The van der Waals surface area contributed by atoms with Crippen molar-refractivity contribution in [1.29, 1.82) is 0 Å². The number of benzene rings is 1. The Morgan fingerprint density at radius 1 is 1.27 bits per heavy atom. The minimum Gasteiger partial charge on any atom is -0.329 e. The van der Waals surface area contributed by atoms with Gasteiger partial charge in [0.1, 0.15) is 0 Å². The smallest absolute Gasteiger partial charge is 0.255 e. The third-order valence-electron chi connectivity index (χ3n) is 2.48. The first-order valence-electron chi connectivity index (χ1n) is 5.27. The normalized spacial score (nSPS) is 11.1. The Balaban J connectivity index is 2.55. The van der Waals surface area contributed by atoms with Gasteiger partial charge in [0.05, 0.1) is 0 Å². The van der Waals surface area contributed by atoms with Gasteiger partial charge in [0.15, 0.2) is 0 Å². The highest BCUT2D eigenvalue weighted by Crippen LogP contribution is 2.14. The van der Waals surface area contributed by atoms with Gasteiger partial charge in [0, 0.05) is 11.6 Å². The zero-order chi connectivity index (χ0) is 10.8. The lowest BCUT2D eigenvalue weighted by Crippen LogP contribution is -2.05. The summed E-state index contributed by atoms with van der Waals surface area (Å²) in [6.07, 6.45) is 2.71. The quantitative estimate of drug-likeness (QED) is 0.796. The van der Waals surface area contributed by atoms with E-state index >= 15 is 0 Å². The van der Waals surface area contributed by atoms with Crippen LogP contribution >= 0.6 is 0 Å². The molecular formula is C13H15NO. The largest absolute Gasteiger partial charge is 0.329 e. The first-order chi connectivity index (χ1) is 7.16. The molecule has 1 heterocycles. The summed E-state index contributed by atoms with van der Waals surface area (Å²) in [5.74, 6) is 0.616. The van der Waals surface area contributed by atoms with E-state index in [9.17, 15) is 4.79 Å². The monoisotopic (exact) mass is 201 g/mol.